The Morgan fingerprint density at radius 2 is 1.93 bits per heavy atom. The molecule has 3 aromatic rings. The minimum absolute atomic E-state index is 0.229. The maximum atomic E-state index is 13.8. The first-order valence-electron chi connectivity index (χ1n) is 9.13. The highest BCUT2D eigenvalue weighted by Gasteiger charge is 2.11. The zero-order valence-corrected chi connectivity index (χ0v) is 16.2. The number of hydrogen-bond donors (Lipinski definition) is 1. The zero-order chi connectivity index (χ0) is 20.6. The SMILES string of the molecule is CCOc1ccc(-c2nccc(C(=O)NCCc3cc(OC)cnc3F)n2)cc1. The van der Waals surface area contributed by atoms with Crippen LogP contribution in [0.5, 0.6) is 11.5 Å². The summed E-state index contributed by atoms with van der Waals surface area (Å²) in [7, 11) is 1.48. The van der Waals surface area contributed by atoms with Crippen LogP contribution in [0.1, 0.15) is 23.0 Å². The van der Waals surface area contributed by atoms with Gasteiger partial charge >= 0.3 is 0 Å². The summed E-state index contributed by atoms with van der Waals surface area (Å²) in [6.07, 6.45) is 3.11. The van der Waals surface area contributed by atoms with Gasteiger partial charge in [0.1, 0.15) is 17.2 Å². The number of carbonyl (C=O) groups is 1. The van der Waals surface area contributed by atoms with Crippen molar-refractivity contribution in [1.29, 1.82) is 0 Å². The number of pyridine rings is 1. The average molecular weight is 396 g/mol. The van der Waals surface area contributed by atoms with Crippen molar-refractivity contribution in [2.24, 2.45) is 0 Å². The minimum Gasteiger partial charge on any atom is -0.495 e. The second kappa shape index (κ2) is 9.59. The van der Waals surface area contributed by atoms with Crippen molar-refractivity contribution >= 4 is 5.91 Å². The molecule has 0 saturated heterocycles. The molecule has 8 heteroatoms. The van der Waals surface area contributed by atoms with Crippen LogP contribution in [-0.2, 0) is 6.42 Å². The molecule has 0 aliphatic carbocycles. The number of nitrogens with one attached hydrogen (secondary N) is 1. The number of aromatic nitrogens is 3. The monoisotopic (exact) mass is 396 g/mol. The normalized spacial score (nSPS) is 10.4. The van der Waals surface area contributed by atoms with E-state index in [-0.39, 0.29) is 24.6 Å². The molecule has 0 atom stereocenters. The van der Waals surface area contributed by atoms with Crippen LogP contribution in [0.25, 0.3) is 11.4 Å². The lowest BCUT2D eigenvalue weighted by Gasteiger charge is -2.08. The third kappa shape index (κ3) is 5.25. The fourth-order valence-corrected chi connectivity index (χ4v) is 2.65. The third-order valence-electron chi connectivity index (χ3n) is 4.11. The fourth-order valence-electron chi connectivity index (χ4n) is 2.65. The van der Waals surface area contributed by atoms with Gasteiger partial charge < -0.3 is 14.8 Å². The molecule has 0 unspecified atom stereocenters. The van der Waals surface area contributed by atoms with Crippen LogP contribution in [0, 0.1) is 5.95 Å². The van der Waals surface area contributed by atoms with Gasteiger partial charge in [-0.2, -0.15) is 4.39 Å². The van der Waals surface area contributed by atoms with E-state index in [0.717, 1.165) is 11.3 Å². The summed E-state index contributed by atoms with van der Waals surface area (Å²) in [4.78, 5) is 24.6. The highest BCUT2D eigenvalue weighted by atomic mass is 19.1. The molecule has 2 aromatic heterocycles. The molecule has 0 spiro atoms. The minimum atomic E-state index is -0.583. The van der Waals surface area contributed by atoms with E-state index in [1.54, 1.807) is 6.07 Å². The van der Waals surface area contributed by atoms with Crippen LogP contribution in [0.15, 0.2) is 48.8 Å². The predicted octanol–water partition coefficient (Wildman–Crippen LogP) is 3.06. The van der Waals surface area contributed by atoms with Gasteiger partial charge in [0.25, 0.3) is 5.91 Å². The second-order valence-electron chi connectivity index (χ2n) is 6.05. The quantitative estimate of drug-likeness (QED) is 0.589. The predicted molar refractivity (Wildman–Crippen MR) is 105 cm³/mol. The Balaban J connectivity index is 1.63. The van der Waals surface area contributed by atoms with Gasteiger partial charge in [-0.25, -0.2) is 15.0 Å². The Morgan fingerprint density at radius 1 is 1.14 bits per heavy atom. The van der Waals surface area contributed by atoms with Crippen LogP contribution in [0.4, 0.5) is 4.39 Å². The largest absolute Gasteiger partial charge is 0.495 e. The van der Waals surface area contributed by atoms with E-state index in [1.807, 2.05) is 31.2 Å². The van der Waals surface area contributed by atoms with Gasteiger partial charge in [-0.05, 0) is 49.7 Å². The Labute approximate surface area is 167 Å². The second-order valence-corrected chi connectivity index (χ2v) is 6.05. The number of rotatable bonds is 8. The van der Waals surface area contributed by atoms with Crippen molar-refractivity contribution in [3.8, 4) is 22.9 Å². The number of benzene rings is 1. The van der Waals surface area contributed by atoms with Crippen LogP contribution in [-0.4, -0.2) is 41.1 Å². The van der Waals surface area contributed by atoms with E-state index in [2.05, 4.69) is 20.3 Å². The summed E-state index contributed by atoms with van der Waals surface area (Å²) in [5.74, 6) is 0.701. The molecule has 1 aromatic carbocycles. The maximum absolute atomic E-state index is 13.8. The third-order valence-corrected chi connectivity index (χ3v) is 4.11. The number of amides is 1. The van der Waals surface area contributed by atoms with Gasteiger partial charge in [0.15, 0.2) is 5.82 Å². The van der Waals surface area contributed by atoms with Crippen molar-refractivity contribution in [3.05, 3.63) is 66.0 Å². The molecular formula is C21H21FN4O3. The molecule has 0 saturated carbocycles. The Morgan fingerprint density at radius 3 is 2.66 bits per heavy atom. The van der Waals surface area contributed by atoms with E-state index >= 15 is 0 Å². The molecule has 1 N–H and O–H groups in total. The van der Waals surface area contributed by atoms with Gasteiger partial charge in [-0.1, -0.05) is 0 Å². The first-order valence-corrected chi connectivity index (χ1v) is 9.13. The highest BCUT2D eigenvalue weighted by Crippen LogP contribution is 2.19. The van der Waals surface area contributed by atoms with Crippen molar-refractivity contribution in [2.75, 3.05) is 20.3 Å². The van der Waals surface area contributed by atoms with Crippen molar-refractivity contribution in [1.82, 2.24) is 20.3 Å². The van der Waals surface area contributed by atoms with Crippen LogP contribution in [0.3, 0.4) is 0 Å². The molecule has 1 amide bonds. The smallest absolute Gasteiger partial charge is 0.270 e. The Kier molecular flexibility index (Phi) is 6.67. The van der Waals surface area contributed by atoms with Crippen molar-refractivity contribution in [2.45, 2.75) is 13.3 Å². The average Bonchev–Trinajstić information content (AvgIpc) is 2.76. The molecule has 0 radical (unpaired) electrons. The van der Waals surface area contributed by atoms with Crippen LogP contribution in [0.2, 0.25) is 0 Å². The van der Waals surface area contributed by atoms with Gasteiger partial charge in [-0.3, -0.25) is 4.79 Å². The van der Waals surface area contributed by atoms with Gasteiger partial charge in [0.2, 0.25) is 5.95 Å². The summed E-state index contributed by atoms with van der Waals surface area (Å²) in [6, 6.07) is 10.4. The fraction of sp³-hybridized carbons (Fsp3) is 0.238. The lowest BCUT2D eigenvalue weighted by atomic mass is 10.2. The number of ether oxygens (including phenoxy) is 2. The number of hydrogen-bond acceptors (Lipinski definition) is 6. The molecule has 0 fully saturated rings. The lowest BCUT2D eigenvalue weighted by molar-refractivity contribution is 0.0949. The summed E-state index contributed by atoms with van der Waals surface area (Å²) < 4.78 is 24.2. The van der Waals surface area contributed by atoms with Crippen LogP contribution >= 0.6 is 0 Å². The summed E-state index contributed by atoms with van der Waals surface area (Å²) in [5.41, 5.74) is 1.36. The first kappa shape index (κ1) is 20.2. The molecule has 0 aliphatic heterocycles. The van der Waals surface area contributed by atoms with E-state index in [9.17, 15) is 9.18 Å². The van der Waals surface area contributed by atoms with E-state index in [4.69, 9.17) is 9.47 Å². The molecule has 3 rings (SSSR count). The maximum Gasteiger partial charge on any atom is 0.270 e. The summed E-state index contributed by atoms with van der Waals surface area (Å²) in [6.45, 7) is 2.73. The van der Waals surface area contributed by atoms with E-state index in [0.29, 0.717) is 23.7 Å². The van der Waals surface area contributed by atoms with Gasteiger partial charge in [-0.15, -0.1) is 0 Å². The molecular weight excluding hydrogens is 375 g/mol. The van der Waals surface area contributed by atoms with E-state index in [1.165, 1.54) is 25.6 Å². The van der Waals surface area contributed by atoms with Crippen molar-refractivity contribution < 1.29 is 18.7 Å². The highest BCUT2D eigenvalue weighted by molar-refractivity contribution is 5.92. The molecule has 0 bridgehead atoms. The van der Waals surface area contributed by atoms with Gasteiger partial charge in [0.05, 0.1) is 19.9 Å². The molecule has 0 aliphatic rings. The van der Waals surface area contributed by atoms with Gasteiger partial charge in [0, 0.05) is 23.9 Å². The van der Waals surface area contributed by atoms with E-state index < -0.39 is 5.95 Å². The number of carbonyl (C=O) groups excluding carboxylic acids is 1. The zero-order valence-electron chi connectivity index (χ0n) is 16.2. The van der Waals surface area contributed by atoms with Crippen LogP contribution < -0.4 is 14.8 Å². The molecule has 7 nitrogen and oxygen atoms in total. The van der Waals surface area contributed by atoms with Crippen molar-refractivity contribution in [3.63, 3.8) is 0 Å². The molecule has 2 heterocycles. The first-order chi connectivity index (χ1) is 14.1. The Bertz CT molecular complexity index is 980. The lowest BCUT2D eigenvalue weighted by Crippen LogP contribution is -2.27. The Hall–Kier alpha value is -3.55. The molecule has 29 heavy (non-hydrogen) atoms. The standard InChI is InChI=1S/C21H21FN4O3/c1-3-29-16-6-4-14(5-7-16)20-23-11-9-18(26-20)21(27)24-10-8-15-12-17(28-2)13-25-19(15)22/h4-7,9,11-13H,3,8,10H2,1-2H3,(H,24,27). The number of methoxy groups -OCH3 is 1. The molecule has 150 valence electrons. The summed E-state index contributed by atoms with van der Waals surface area (Å²) in [5, 5.41) is 2.73. The summed E-state index contributed by atoms with van der Waals surface area (Å²) >= 11 is 0. The topological polar surface area (TPSA) is 86.2 Å². The number of nitrogens with zero attached hydrogens (tertiary/aromatic N) is 3. The number of halogens is 1.